The van der Waals surface area contributed by atoms with Crippen molar-refractivity contribution in [2.24, 2.45) is 13.0 Å². The average Bonchev–Trinajstić information content (AvgIpc) is 3.35. The zero-order valence-electron chi connectivity index (χ0n) is 13.9. The minimum atomic E-state index is -0.481. The van der Waals surface area contributed by atoms with Crippen molar-refractivity contribution >= 4 is 5.97 Å². The topological polar surface area (TPSA) is 57.0 Å². The van der Waals surface area contributed by atoms with Crippen LogP contribution in [0.2, 0.25) is 0 Å². The largest absolute Gasteiger partial charge is 0.451 e. The minimum absolute atomic E-state index is 0.0980. The Morgan fingerprint density at radius 2 is 2.00 bits per heavy atom. The number of esters is 1. The molecule has 0 N–H and O–H groups in total. The lowest BCUT2D eigenvalue weighted by atomic mass is 10.1. The molecule has 1 saturated carbocycles. The third-order valence-electron chi connectivity index (χ3n) is 4.54. The van der Waals surface area contributed by atoms with Gasteiger partial charge in [-0.1, -0.05) is 36.4 Å². The predicted octanol–water partition coefficient (Wildman–Crippen LogP) is 3.25. The van der Waals surface area contributed by atoms with Crippen molar-refractivity contribution in [2.45, 2.75) is 18.4 Å². The zero-order chi connectivity index (χ0) is 17.2. The number of benzene rings is 1. The first-order valence-electron chi connectivity index (χ1n) is 8.37. The van der Waals surface area contributed by atoms with Gasteiger partial charge in [0.05, 0.1) is 17.8 Å². The number of nitrogens with zero attached hydrogens (tertiary/aromatic N) is 3. The van der Waals surface area contributed by atoms with Crippen LogP contribution in [0.3, 0.4) is 0 Å². The van der Waals surface area contributed by atoms with Crippen LogP contribution in [0, 0.1) is 5.92 Å². The lowest BCUT2D eigenvalue weighted by Gasteiger charge is -2.18. The lowest BCUT2D eigenvalue weighted by Crippen LogP contribution is -2.15. The van der Waals surface area contributed by atoms with Crippen molar-refractivity contribution in [1.29, 1.82) is 0 Å². The van der Waals surface area contributed by atoms with Gasteiger partial charge in [-0.15, -0.1) is 0 Å². The Hall–Kier alpha value is -2.95. The Morgan fingerprint density at radius 3 is 2.68 bits per heavy atom. The van der Waals surface area contributed by atoms with E-state index in [1.165, 1.54) is 0 Å². The summed E-state index contributed by atoms with van der Waals surface area (Å²) in [6, 6.07) is 15.4. The Balaban J connectivity index is 1.52. The standard InChI is InChI=1S/C20H19N3O2/c1-23-13-15(12-22-23)16-11-17(16)20(24)25-19(14-7-3-2-4-8-14)18-9-5-6-10-21-18/h2-10,12-13,16-17,19H,11H2,1H3. The summed E-state index contributed by atoms with van der Waals surface area (Å²) < 4.78 is 7.64. The summed E-state index contributed by atoms with van der Waals surface area (Å²) >= 11 is 0. The molecule has 2 aromatic heterocycles. The molecule has 126 valence electrons. The third-order valence-corrected chi connectivity index (χ3v) is 4.54. The molecule has 0 aliphatic heterocycles. The Kier molecular flexibility index (Phi) is 4.06. The predicted molar refractivity (Wildman–Crippen MR) is 92.7 cm³/mol. The molecule has 0 bridgehead atoms. The van der Waals surface area contributed by atoms with Gasteiger partial charge in [0.25, 0.3) is 0 Å². The van der Waals surface area contributed by atoms with Crippen LogP contribution in [0.25, 0.3) is 0 Å². The van der Waals surface area contributed by atoms with Gasteiger partial charge in [-0.3, -0.25) is 14.5 Å². The number of carbonyl (C=O) groups is 1. The minimum Gasteiger partial charge on any atom is -0.451 e. The Labute approximate surface area is 146 Å². The molecule has 4 rings (SSSR count). The summed E-state index contributed by atoms with van der Waals surface area (Å²) in [5.74, 6) is -0.0613. The molecule has 0 saturated heterocycles. The number of pyridine rings is 1. The number of carbonyl (C=O) groups excluding carboxylic acids is 1. The van der Waals surface area contributed by atoms with Crippen LogP contribution < -0.4 is 0 Å². The number of aromatic nitrogens is 3. The van der Waals surface area contributed by atoms with E-state index in [1.54, 1.807) is 10.9 Å². The molecule has 0 radical (unpaired) electrons. The fourth-order valence-electron chi connectivity index (χ4n) is 3.12. The number of hydrogen-bond acceptors (Lipinski definition) is 4. The van der Waals surface area contributed by atoms with Crippen molar-refractivity contribution in [3.8, 4) is 0 Å². The van der Waals surface area contributed by atoms with Crippen molar-refractivity contribution in [3.05, 3.63) is 83.9 Å². The van der Waals surface area contributed by atoms with E-state index in [9.17, 15) is 4.79 Å². The van der Waals surface area contributed by atoms with Crippen molar-refractivity contribution in [3.63, 3.8) is 0 Å². The SMILES string of the molecule is Cn1cc(C2CC2C(=O)OC(c2ccccc2)c2ccccn2)cn1. The second-order valence-electron chi connectivity index (χ2n) is 6.38. The quantitative estimate of drug-likeness (QED) is 0.673. The van der Waals surface area contributed by atoms with E-state index >= 15 is 0 Å². The van der Waals surface area contributed by atoms with Crippen molar-refractivity contribution in [2.75, 3.05) is 0 Å². The molecule has 1 aliphatic carbocycles. The van der Waals surface area contributed by atoms with Gasteiger partial charge in [0, 0.05) is 25.4 Å². The van der Waals surface area contributed by atoms with E-state index in [4.69, 9.17) is 4.74 Å². The highest BCUT2D eigenvalue weighted by Crippen LogP contribution is 2.48. The zero-order valence-corrected chi connectivity index (χ0v) is 13.9. The molecule has 0 amide bonds. The van der Waals surface area contributed by atoms with Gasteiger partial charge in [0.2, 0.25) is 0 Å². The summed E-state index contributed by atoms with van der Waals surface area (Å²) in [5.41, 5.74) is 2.76. The molecule has 5 nitrogen and oxygen atoms in total. The summed E-state index contributed by atoms with van der Waals surface area (Å²) in [6.45, 7) is 0. The molecule has 2 heterocycles. The highest BCUT2D eigenvalue weighted by molar-refractivity contribution is 5.77. The number of ether oxygens (including phenoxy) is 1. The monoisotopic (exact) mass is 333 g/mol. The molecule has 5 heteroatoms. The van der Waals surface area contributed by atoms with Crippen LogP contribution in [0.5, 0.6) is 0 Å². The molecule has 1 fully saturated rings. The maximum absolute atomic E-state index is 12.7. The van der Waals surface area contributed by atoms with Gasteiger partial charge in [0.15, 0.2) is 6.10 Å². The fraction of sp³-hybridized carbons (Fsp3) is 0.250. The Morgan fingerprint density at radius 1 is 1.20 bits per heavy atom. The maximum Gasteiger partial charge on any atom is 0.310 e. The van der Waals surface area contributed by atoms with E-state index in [2.05, 4.69) is 10.1 Å². The number of hydrogen-bond donors (Lipinski definition) is 0. The normalized spacial score (nSPS) is 20.0. The van der Waals surface area contributed by atoms with Crippen LogP contribution >= 0.6 is 0 Å². The summed E-state index contributed by atoms with van der Waals surface area (Å²) in [4.78, 5) is 17.1. The molecule has 3 unspecified atom stereocenters. The van der Waals surface area contributed by atoms with Crippen LogP contribution in [0.4, 0.5) is 0 Å². The highest BCUT2D eigenvalue weighted by atomic mass is 16.5. The molecule has 25 heavy (non-hydrogen) atoms. The van der Waals surface area contributed by atoms with E-state index in [0.717, 1.165) is 23.2 Å². The number of aryl methyl sites for hydroxylation is 1. The van der Waals surface area contributed by atoms with Crippen LogP contribution in [0.1, 0.15) is 35.3 Å². The smallest absolute Gasteiger partial charge is 0.310 e. The molecule has 3 aromatic rings. The van der Waals surface area contributed by atoms with Crippen molar-refractivity contribution < 1.29 is 9.53 Å². The molecule has 1 aliphatic rings. The van der Waals surface area contributed by atoms with Gasteiger partial charge in [0.1, 0.15) is 0 Å². The second-order valence-corrected chi connectivity index (χ2v) is 6.38. The van der Waals surface area contributed by atoms with E-state index < -0.39 is 6.10 Å². The van der Waals surface area contributed by atoms with Gasteiger partial charge < -0.3 is 4.74 Å². The van der Waals surface area contributed by atoms with Crippen molar-refractivity contribution in [1.82, 2.24) is 14.8 Å². The molecule has 0 spiro atoms. The van der Waals surface area contributed by atoms with E-state index in [1.807, 2.05) is 68.0 Å². The molecule has 3 atom stereocenters. The highest BCUT2D eigenvalue weighted by Gasteiger charge is 2.46. The van der Waals surface area contributed by atoms with E-state index in [0.29, 0.717) is 0 Å². The summed E-state index contributed by atoms with van der Waals surface area (Å²) in [7, 11) is 1.88. The Bertz CT molecular complexity index is 821. The molecule has 1 aromatic carbocycles. The summed E-state index contributed by atoms with van der Waals surface area (Å²) in [5, 5.41) is 4.18. The third kappa shape index (κ3) is 3.31. The van der Waals surface area contributed by atoms with E-state index in [-0.39, 0.29) is 17.8 Å². The molecular formula is C20H19N3O2. The van der Waals surface area contributed by atoms with Gasteiger partial charge in [-0.2, -0.15) is 5.10 Å². The molecular weight excluding hydrogens is 314 g/mol. The first-order chi connectivity index (χ1) is 12.2. The summed E-state index contributed by atoms with van der Waals surface area (Å²) in [6.07, 6.45) is 5.84. The van der Waals surface area contributed by atoms with Gasteiger partial charge in [-0.05, 0) is 29.7 Å². The first kappa shape index (κ1) is 15.6. The van der Waals surface area contributed by atoms with Crippen LogP contribution in [-0.2, 0) is 16.6 Å². The maximum atomic E-state index is 12.7. The van der Waals surface area contributed by atoms with Gasteiger partial charge in [-0.25, -0.2) is 0 Å². The lowest BCUT2D eigenvalue weighted by molar-refractivity contribution is -0.149. The van der Waals surface area contributed by atoms with Gasteiger partial charge >= 0.3 is 5.97 Å². The number of rotatable bonds is 5. The first-order valence-corrected chi connectivity index (χ1v) is 8.37. The van der Waals surface area contributed by atoms with Crippen LogP contribution in [-0.4, -0.2) is 20.7 Å². The average molecular weight is 333 g/mol. The fourth-order valence-corrected chi connectivity index (χ4v) is 3.12. The second kappa shape index (κ2) is 6.51. The van der Waals surface area contributed by atoms with Crippen LogP contribution in [0.15, 0.2) is 67.1 Å².